The first-order valence-corrected chi connectivity index (χ1v) is 7.34. The maximum atomic E-state index is 11.9. The molecule has 0 bridgehead atoms. The SMILES string of the molecule is C=CCOCC(=O)N1CC(C)(c2nnc(-c3ccccn3)o2)C1. The third-order valence-electron chi connectivity index (χ3n) is 3.72. The number of likely N-dealkylation sites (tertiary alicyclic amines) is 1. The Kier molecular flexibility index (Phi) is 4.20. The average molecular weight is 314 g/mol. The number of ether oxygens (including phenoxy) is 1. The van der Waals surface area contributed by atoms with E-state index >= 15 is 0 Å². The lowest BCUT2D eigenvalue weighted by Crippen LogP contribution is -2.60. The van der Waals surface area contributed by atoms with Gasteiger partial charge in [0.05, 0.1) is 12.0 Å². The fraction of sp³-hybridized carbons (Fsp3) is 0.375. The van der Waals surface area contributed by atoms with Crippen molar-refractivity contribution in [3.05, 3.63) is 42.9 Å². The van der Waals surface area contributed by atoms with Gasteiger partial charge in [0.1, 0.15) is 12.3 Å². The molecular formula is C16H18N4O3. The summed E-state index contributed by atoms with van der Waals surface area (Å²) in [6, 6.07) is 5.50. The van der Waals surface area contributed by atoms with Crippen LogP contribution in [0.4, 0.5) is 0 Å². The van der Waals surface area contributed by atoms with E-state index in [1.807, 2.05) is 25.1 Å². The molecule has 0 N–H and O–H groups in total. The number of nitrogens with zero attached hydrogens (tertiary/aromatic N) is 4. The van der Waals surface area contributed by atoms with Gasteiger partial charge in [0, 0.05) is 19.3 Å². The molecule has 1 aliphatic rings. The molecule has 1 fully saturated rings. The van der Waals surface area contributed by atoms with Crippen LogP contribution in [-0.2, 0) is 14.9 Å². The number of carbonyl (C=O) groups is 1. The van der Waals surface area contributed by atoms with Crippen molar-refractivity contribution >= 4 is 5.91 Å². The van der Waals surface area contributed by atoms with Gasteiger partial charge < -0.3 is 14.1 Å². The summed E-state index contributed by atoms with van der Waals surface area (Å²) in [5.74, 6) is 0.865. The second-order valence-electron chi connectivity index (χ2n) is 5.74. The van der Waals surface area contributed by atoms with Gasteiger partial charge in [-0.2, -0.15) is 0 Å². The summed E-state index contributed by atoms with van der Waals surface area (Å²) in [4.78, 5) is 17.8. The van der Waals surface area contributed by atoms with Gasteiger partial charge in [-0.25, -0.2) is 0 Å². The zero-order valence-corrected chi connectivity index (χ0v) is 12.9. The standard InChI is InChI=1S/C16H18N4O3/c1-3-8-22-9-13(21)20-10-16(2,11-20)15-19-18-14(23-15)12-6-4-5-7-17-12/h3-7H,1,8-11H2,2H3. The minimum Gasteiger partial charge on any atom is -0.419 e. The van der Waals surface area contributed by atoms with Crippen LogP contribution in [0.5, 0.6) is 0 Å². The van der Waals surface area contributed by atoms with E-state index in [4.69, 9.17) is 9.15 Å². The summed E-state index contributed by atoms with van der Waals surface area (Å²) < 4.78 is 10.9. The van der Waals surface area contributed by atoms with Crippen molar-refractivity contribution < 1.29 is 13.9 Å². The molecule has 3 rings (SSSR count). The third kappa shape index (κ3) is 3.14. The van der Waals surface area contributed by atoms with Crippen LogP contribution in [-0.4, -0.2) is 52.3 Å². The molecular weight excluding hydrogens is 296 g/mol. The Balaban J connectivity index is 1.62. The van der Waals surface area contributed by atoms with Gasteiger partial charge >= 0.3 is 0 Å². The normalized spacial score (nSPS) is 16.0. The second-order valence-corrected chi connectivity index (χ2v) is 5.74. The zero-order chi connectivity index (χ0) is 16.3. The molecule has 0 aromatic carbocycles. The fourth-order valence-corrected chi connectivity index (χ4v) is 2.49. The van der Waals surface area contributed by atoms with Gasteiger partial charge in [-0.3, -0.25) is 9.78 Å². The Labute approximate surface area is 134 Å². The molecule has 0 aliphatic carbocycles. The van der Waals surface area contributed by atoms with E-state index < -0.39 is 0 Å². The molecule has 7 heteroatoms. The minimum absolute atomic E-state index is 0.0474. The predicted octanol–water partition coefficient (Wildman–Crippen LogP) is 1.43. The first-order valence-electron chi connectivity index (χ1n) is 7.34. The molecule has 7 nitrogen and oxygen atoms in total. The summed E-state index contributed by atoms with van der Waals surface area (Å²) in [5.41, 5.74) is 0.314. The molecule has 2 aromatic heterocycles. The van der Waals surface area contributed by atoms with Crippen molar-refractivity contribution in [2.75, 3.05) is 26.3 Å². The average Bonchev–Trinajstić information content (AvgIpc) is 3.03. The molecule has 1 saturated heterocycles. The number of aromatic nitrogens is 3. The number of amides is 1. The van der Waals surface area contributed by atoms with Crippen LogP contribution in [0.2, 0.25) is 0 Å². The van der Waals surface area contributed by atoms with Crippen molar-refractivity contribution in [3.8, 4) is 11.6 Å². The molecule has 1 amide bonds. The smallest absolute Gasteiger partial charge is 0.266 e. The highest BCUT2D eigenvalue weighted by molar-refractivity contribution is 5.78. The summed E-state index contributed by atoms with van der Waals surface area (Å²) in [7, 11) is 0. The summed E-state index contributed by atoms with van der Waals surface area (Å²) >= 11 is 0. The van der Waals surface area contributed by atoms with E-state index in [9.17, 15) is 4.79 Å². The monoisotopic (exact) mass is 314 g/mol. The number of carbonyl (C=O) groups excluding carboxylic acids is 1. The number of pyridine rings is 1. The summed E-state index contributed by atoms with van der Waals surface area (Å²) in [6.07, 6.45) is 3.29. The highest BCUT2D eigenvalue weighted by Gasteiger charge is 2.46. The first-order chi connectivity index (χ1) is 11.1. The van der Waals surface area contributed by atoms with Crippen LogP contribution < -0.4 is 0 Å². The summed E-state index contributed by atoms with van der Waals surface area (Å²) in [5, 5.41) is 8.16. The van der Waals surface area contributed by atoms with Gasteiger partial charge in [0.25, 0.3) is 5.89 Å². The predicted molar refractivity (Wildman–Crippen MR) is 82.5 cm³/mol. The van der Waals surface area contributed by atoms with Gasteiger partial charge in [-0.1, -0.05) is 12.1 Å². The Hall–Kier alpha value is -2.54. The largest absolute Gasteiger partial charge is 0.419 e. The second kappa shape index (κ2) is 6.29. The Morgan fingerprint density at radius 3 is 3.00 bits per heavy atom. The van der Waals surface area contributed by atoms with Crippen molar-refractivity contribution in [1.29, 1.82) is 0 Å². The number of hydrogen-bond acceptors (Lipinski definition) is 6. The Morgan fingerprint density at radius 1 is 1.48 bits per heavy atom. The van der Waals surface area contributed by atoms with E-state index in [0.717, 1.165) is 0 Å². The first kappa shape index (κ1) is 15.4. The van der Waals surface area contributed by atoms with Crippen molar-refractivity contribution in [1.82, 2.24) is 20.1 Å². The highest BCUT2D eigenvalue weighted by atomic mass is 16.5. The van der Waals surface area contributed by atoms with Gasteiger partial charge in [-0.05, 0) is 19.1 Å². The van der Waals surface area contributed by atoms with Gasteiger partial charge in [0.15, 0.2) is 0 Å². The Bertz CT molecular complexity index is 692. The lowest BCUT2D eigenvalue weighted by Gasteiger charge is -2.45. The molecule has 0 saturated carbocycles. The van der Waals surface area contributed by atoms with Crippen molar-refractivity contribution in [2.45, 2.75) is 12.3 Å². The lowest BCUT2D eigenvalue weighted by atomic mass is 9.82. The quantitative estimate of drug-likeness (QED) is 0.593. The molecule has 0 atom stereocenters. The van der Waals surface area contributed by atoms with Crippen molar-refractivity contribution in [2.24, 2.45) is 0 Å². The molecule has 0 unspecified atom stereocenters. The molecule has 0 radical (unpaired) electrons. The van der Waals surface area contributed by atoms with E-state index in [1.165, 1.54) is 0 Å². The van der Waals surface area contributed by atoms with Crippen molar-refractivity contribution in [3.63, 3.8) is 0 Å². The summed E-state index contributed by atoms with van der Waals surface area (Å²) in [6.45, 7) is 7.04. The van der Waals surface area contributed by atoms with Gasteiger partial charge in [0.2, 0.25) is 11.8 Å². The topological polar surface area (TPSA) is 81.4 Å². The lowest BCUT2D eigenvalue weighted by molar-refractivity contribution is -0.143. The minimum atomic E-state index is -0.325. The van der Waals surface area contributed by atoms with E-state index in [-0.39, 0.29) is 17.9 Å². The van der Waals surface area contributed by atoms with E-state index in [2.05, 4.69) is 21.8 Å². The maximum Gasteiger partial charge on any atom is 0.266 e. The molecule has 120 valence electrons. The van der Waals surface area contributed by atoms with Crippen LogP contribution in [0.1, 0.15) is 12.8 Å². The van der Waals surface area contributed by atoms with E-state index in [1.54, 1.807) is 17.2 Å². The third-order valence-corrected chi connectivity index (χ3v) is 3.72. The fourth-order valence-electron chi connectivity index (χ4n) is 2.49. The van der Waals surface area contributed by atoms with E-state index in [0.29, 0.717) is 37.2 Å². The molecule has 0 spiro atoms. The van der Waals surface area contributed by atoms with Crippen LogP contribution >= 0.6 is 0 Å². The molecule has 2 aromatic rings. The van der Waals surface area contributed by atoms with Crippen LogP contribution in [0.15, 0.2) is 41.5 Å². The molecule has 1 aliphatic heterocycles. The Morgan fingerprint density at radius 2 is 2.30 bits per heavy atom. The molecule has 23 heavy (non-hydrogen) atoms. The highest BCUT2D eigenvalue weighted by Crippen LogP contribution is 2.34. The van der Waals surface area contributed by atoms with Crippen LogP contribution in [0.25, 0.3) is 11.6 Å². The maximum absolute atomic E-state index is 11.9. The number of hydrogen-bond donors (Lipinski definition) is 0. The van der Waals surface area contributed by atoms with Crippen LogP contribution in [0.3, 0.4) is 0 Å². The number of rotatable bonds is 6. The molecule has 3 heterocycles. The van der Waals surface area contributed by atoms with Gasteiger partial charge in [-0.15, -0.1) is 16.8 Å². The zero-order valence-electron chi connectivity index (χ0n) is 12.9. The van der Waals surface area contributed by atoms with Crippen LogP contribution in [0, 0.1) is 0 Å².